The van der Waals surface area contributed by atoms with E-state index in [4.69, 9.17) is 0 Å². The summed E-state index contributed by atoms with van der Waals surface area (Å²) in [4.78, 5) is 23.8. The van der Waals surface area contributed by atoms with Gasteiger partial charge in [0, 0.05) is 12.0 Å². The first kappa shape index (κ1) is 13.6. The summed E-state index contributed by atoms with van der Waals surface area (Å²) in [6.45, 7) is 2.10. The Morgan fingerprint density at radius 2 is 2.22 bits per heavy atom. The number of hydrogen-bond acceptors (Lipinski definition) is 4. The molecule has 0 aliphatic heterocycles. The summed E-state index contributed by atoms with van der Waals surface area (Å²) in [6.07, 6.45) is 5.24. The average Bonchev–Trinajstić information content (AvgIpc) is 2.68. The Morgan fingerprint density at radius 3 is 2.78 bits per heavy atom. The fourth-order valence-electron chi connectivity index (χ4n) is 2.57. The average molecular weight is 284 g/mol. The molecule has 1 aromatic heterocycles. The number of ketones is 1. The quantitative estimate of drug-likeness (QED) is 0.856. The number of carbonyl (C=O) groups is 2. The summed E-state index contributed by atoms with van der Waals surface area (Å²) in [6, 6.07) is 0. The molecule has 5 heteroatoms. The highest BCUT2D eigenvalue weighted by Crippen LogP contribution is 2.41. The second kappa shape index (κ2) is 5.45. The van der Waals surface area contributed by atoms with Crippen LogP contribution in [-0.2, 0) is 6.42 Å². The Kier molecular flexibility index (Phi) is 4.12. The smallest absolute Gasteiger partial charge is 0.346 e. The van der Waals surface area contributed by atoms with Crippen molar-refractivity contribution in [2.45, 2.75) is 36.8 Å². The number of hydrogen-bond donors (Lipinski definition) is 1. The van der Waals surface area contributed by atoms with Gasteiger partial charge in [0.05, 0.1) is 4.21 Å². The summed E-state index contributed by atoms with van der Waals surface area (Å²) in [5, 5.41) is 9.24. The molecule has 0 spiro atoms. The van der Waals surface area contributed by atoms with Crippen LogP contribution in [-0.4, -0.2) is 23.1 Å². The molecule has 0 amide bonds. The number of thiophene rings is 1. The van der Waals surface area contributed by atoms with Gasteiger partial charge in [0.15, 0.2) is 5.78 Å². The number of carbonyl (C=O) groups excluding carboxylic acids is 1. The van der Waals surface area contributed by atoms with Crippen molar-refractivity contribution in [2.24, 2.45) is 5.92 Å². The second-order valence-corrected chi connectivity index (χ2v) is 6.66. The van der Waals surface area contributed by atoms with E-state index in [1.807, 2.05) is 6.26 Å². The van der Waals surface area contributed by atoms with Gasteiger partial charge in [-0.1, -0.05) is 13.3 Å². The number of rotatable bonds is 4. The van der Waals surface area contributed by atoms with E-state index in [0.717, 1.165) is 29.0 Å². The number of thioether (sulfide) groups is 1. The van der Waals surface area contributed by atoms with Gasteiger partial charge < -0.3 is 5.11 Å². The maximum atomic E-state index is 12.2. The van der Waals surface area contributed by atoms with Crippen LogP contribution in [0.5, 0.6) is 0 Å². The molecule has 1 heterocycles. The fraction of sp³-hybridized carbons (Fsp3) is 0.538. The maximum Gasteiger partial charge on any atom is 0.346 e. The first-order valence-corrected chi connectivity index (χ1v) is 8.08. The molecule has 0 bridgehead atoms. The number of carboxylic acid groups (broad SMARTS) is 1. The lowest BCUT2D eigenvalue weighted by Gasteiger charge is -2.21. The monoisotopic (exact) mass is 284 g/mol. The van der Waals surface area contributed by atoms with Gasteiger partial charge in [-0.25, -0.2) is 4.79 Å². The third-order valence-electron chi connectivity index (χ3n) is 3.30. The third-order valence-corrected chi connectivity index (χ3v) is 5.64. The molecule has 0 fully saturated rings. The highest BCUT2D eigenvalue weighted by atomic mass is 32.2. The van der Waals surface area contributed by atoms with Crippen LogP contribution in [0.2, 0.25) is 0 Å². The largest absolute Gasteiger partial charge is 0.477 e. The van der Waals surface area contributed by atoms with Crippen molar-refractivity contribution in [3.8, 4) is 0 Å². The zero-order chi connectivity index (χ0) is 13.3. The SMILES string of the molecule is CCCC1CC(=O)c2c(SC)sc(C(=O)O)c2C1. The van der Waals surface area contributed by atoms with Crippen molar-refractivity contribution in [1.29, 1.82) is 0 Å². The molecule has 0 radical (unpaired) electrons. The Morgan fingerprint density at radius 1 is 1.50 bits per heavy atom. The van der Waals surface area contributed by atoms with Crippen LogP contribution in [0.15, 0.2) is 4.21 Å². The standard InChI is InChI=1S/C13H16O3S2/c1-3-4-7-5-8-10(9(14)6-7)13(17-2)18-11(8)12(15)16/h7H,3-6H2,1-2H3,(H,15,16). The predicted octanol–water partition coefficient (Wildman–Crippen LogP) is 3.71. The van der Waals surface area contributed by atoms with Gasteiger partial charge in [-0.15, -0.1) is 23.1 Å². The maximum absolute atomic E-state index is 12.2. The number of Topliss-reactive ketones (excluding diaryl/α,β-unsaturated/α-hetero) is 1. The Bertz CT molecular complexity index is 491. The van der Waals surface area contributed by atoms with Crippen LogP contribution in [0.3, 0.4) is 0 Å². The van der Waals surface area contributed by atoms with Crippen molar-refractivity contribution in [3.05, 3.63) is 16.0 Å². The van der Waals surface area contributed by atoms with Gasteiger partial charge in [-0.2, -0.15) is 0 Å². The Labute approximate surface area is 115 Å². The lowest BCUT2D eigenvalue weighted by atomic mass is 9.82. The summed E-state index contributed by atoms with van der Waals surface area (Å²) in [5.41, 5.74) is 1.48. The minimum atomic E-state index is -0.901. The lowest BCUT2D eigenvalue weighted by molar-refractivity contribution is 0.0700. The first-order valence-electron chi connectivity index (χ1n) is 6.04. The normalized spacial score (nSPS) is 18.8. The topological polar surface area (TPSA) is 54.4 Å². The van der Waals surface area contributed by atoms with E-state index in [-0.39, 0.29) is 5.78 Å². The van der Waals surface area contributed by atoms with Crippen LogP contribution in [0.4, 0.5) is 0 Å². The lowest BCUT2D eigenvalue weighted by Crippen LogP contribution is -2.20. The molecule has 98 valence electrons. The van der Waals surface area contributed by atoms with E-state index >= 15 is 0 Å². The molecule has 1 atom stereocenters. The second-order valence-electron chi connectivity index (χ2n) is 4.57. The molecule has 1 aliphatic carbocycles. The van der Waals surface area contributed by atoms with Gasteiger partial charge in [-0.3, -0.25) is 4.79 Å². The van der Waals surface area contributed by atoms with Crippen LogP contribution in [0, 0.1) is 5.92 Å². The van der Waals surface area contributed by atoms with Crippen molar-refractivity contribution in [2.75, 3.05) is 6.26 Å². The fourth-order valence-corrected chi connectivity index (χ4v) is 4.52. The molecule has 1 unspecified atom stereocenters. The van der Waals surface area contributed by atoms with E-state index in [9.17, 15) is 14.7 Å². The molecule has 1 aliphatic rings. The molecule has 0 aromatic carbocycles. The summed E-state index contributed by atoms with van der Waals surface area (Å²) in [5.74, 6) is -0.457. The first-order chi connectivity index (χ1) is 8.58. The Balaban J connectivity index is 2.46. The zero-order valence-corrected chi connectivity index (χ0v) is 12.1. The van der Waals surface area contributed by atoms with Crippen molar-refractivity contribution in [1.82, 2.24) is 0 Å². The summed E-state index contributed by atoms with van der Waals surface area (Å²) < 4.78 is 0.863. The number of aromatic carboxylic acids is 1. The van der Waals surface area contributed by atoms with Crippen molar-refractivity contribution in [3.63, 3.8) is 0 Å². The van der Waals surface area contributed by atoms with Gasteiger partial charge in [0.25, 0.3) is 0 Å². The molecule has 1 N–H and O–H groups in total. The minimum absolute atomic E-state index is 0.128. The Hall–Kier alpha value is -0.810. The number of carboxylic acids is 1. The van der Waals surface area contributed by atoms with E-state index in [0.29, 0.717) is 22.8 Å². The minimum Gasteiger partial charge on any atom is -0.477 e. The van der Waals surface area contributed by atoms with E-state index < -0.39 is 5.97 Å². The van der Waals surface area contributed by atoms with E-state index in [1.54, 1.807) is 0 Å². The van der Waals surface area contributed by atoms with E-state index in [1.165, 1.54) is 23.1 Å². The predicted molar refractivity (Wildman–Crippen MR) is 74.1 cm³/mol. The highest BCUT2D eigenvalue weighted by Gasteiger charge is 2.33. The third kappa shape index (κ3) is 2.34. The van der Waals surface area contributed by atoms with Crippen molar-refractivity contribution < 1.29 is 14.7 Å². The van der Waals surface area contributed by atoms with Gasteiger partial charge in [0.2, 0.25) is 0 Å². The summed E-state index contributed by atoms with van der Waals surface area (Å²) >= 11 is 2.72. The van der Waals surface area contributed by atoms with E-state index in [2.05, 4.69) is 6.92 Å². The van der Waals surface area contributed by atoms with Crippen LogP contribution in [0.25, 0.3) is 0 Å². The zero-order valence-electron chi connectivity index (χ0n) is 10.5. The molecule has 2 rings (SSSR count). The van der Waals surface area contributed by atoms with Gasteiger partial charge in [0.1, 0.15) is 4.88 Å². The van der Waals surface area contributed by atoms with Gasteiger partial charge >= 0.3 is 5.97 Å². The molecular formula is C13H16O3S2. The van der Waals surface area contributed by atoms with Crippen molar-refractivity contribution >= 4 is 34.9 Å². The molecule has 0 saturated carbocycles. The molecule has 3 nitrogen and oxygen atoms in total. The molecule has 0 saturated heterocycles. The molecule has 18 heavy (non-hydrogen) atoms. The number of fused-ring (bicyclic) bond motifs is 1. The van der Waals surface area contributed by atoms with Crippen LogP contribution < -0.4 is 0 Å². The molecular weight excluding hydrogens is 268 g/mol. The van der Waals surface area contributed by atoms with Crippen LogP contribution >= 0.6 is 23.1 Å². The van der Waals surface area contributed by atoms with Gasteiger partial charge in [-0.05, 0) is 30.6 Å². The van der Waals surface area contributed by atoms with Crippen LogP contribution in [0.1, 0.15) is 51.8 Å². The molecule has 1 aromatic rings. The summed E-state index contributed by atoms with van der Waals surface area (Å²) in [7, 11) is 0. The highest BCUT2D eigenvalue weighted by molar-refractivity contribution is 8.00.